The Kier molecular flexibility index (Phi) is 6.20. The number of amides is 2. The normalized spacial score (nSPS) is 18.7. The molecule has 0 aromatic heterocycles. The summed E-state index contributed by atoms with van der Waals surface area (Å²) in [7, 11) is 2.77. The Hall–Kier alpha value is -3.21. The maximum absolute atomic E-state index is 13.0. The van der Waals surface area contributed by atoms with Gasteiger partial charge in [0.1, 0.15) is 22.8 Å². The number of hydrogen-bond donors (Lipinski definition) is 2. The summed E-state index contributed by atoms with van der Waals surface area (Å²) in [6.45, 7) is 1.14. The standard InChI is InChI=1S/C19H20N2O8S/c1-9(22)29-18(10-8-30-14-7-13(23)21(14)16(10)19(25)26)20-17(24)15-11(27-2)5-4-6-12(15)28-3/h4-6,14,18H,7-8H2,1-3H3,(H,20,24)(H,25,26)/t14-,18?/m1/s1. The van der Waals surface area contributed by atoms with Crippen molar-refractivity contribution in [2.75, 3.05) is 20.0 Å². The minimum absolute atomic E-state index is 0.0542. The van der Waals surface area contributed by atoms with Crippen molar-refractivity contribution in [3.8, 4) is 11.5 Å². The third-order valence-corrected chi connectivity index (χ3v) is 5.84. The number of nitrogens with one attached hydrogen (secondary N) is 1. The summed E-state index contributed by atoms with van der Waals surface area (Å²) in [6, 6.07) is 4.75. The van der Waals surface area contributed by atoms with Crippen molar-refractivity contribution >= 4 is 35.5 Å². The Balaban J connectivity index is 2.01. The highest BCUT2D eigenvalue weighted by atomic mass is 32.2. The summed E-state index contributed by atoms with van der Waals surface area (Å²) in [4.78, 5) is 49.7. The SMILES string of the molecule is COc1cccc(OC)c1C(=O)NC(OC(C)=O)C1=C(C(=O)O)N2C(=O)C[C@H]2SC1. The average Bonchev–Trinajstić information content (AvgIpc) is 2.70. The number of thioether (sulfide) groups is 1. The number of fused-ring (bicyclic) bond motifs is 1. The first kappa shape index (κ1) is 21.5. The number of carbonyl (C=O) groups excluding carboxylic acids is 3. The smallest absolute Gasteiger partial charge is 0.352 e. The molecule has 3 rings (SSSR count). The highest BCUT2D eigenvalue weighted by Gasteiger charge is 2.47. The van der Waals surface area contributed by atoms with E-state index in [0.717, 1.165) is 11.8 Å². The van der Waals surface area contributed by atoms with Crippen LogP contribution in [0.5, 0.6) is 11.5 Å². The second-order valence-corrected chi connectivity index (χ2v) is 7.58. The minimum Gasteiger partial charge on any atom is -0.496 e. The highest BCUT2D eigenvalue weighted by Crippen LogP contribution is 2.41. The summed E-state index contributed by atoms with van der Waals surface area (Å²) < 4.78 is 15.7. The zero-order chi connectivity index (χ0) is 22.0. The lowest BCUT2D eigenvalue weighted by Crippen LogP contribution is -2.56. The Morgan fingerprint density at radius 3 is 2.37 bits per heavy atom. The van der Waals surface area contributed by atoms with E-state index in [9.17, 15) is 24.3 Å². The maximum Gasteiger partial charge on any atom is 0.352 e. The summed E-state index contributed by atoms with van der Waals surface area (Å²) in [5, 5.41) is 11.9. The summed E-state index contributed by atoms with van der Waals surface area (Å²) in [5.74, 6) is -2.52. The van der Waals surface area contributed by atoms with Gasteiger partial charge in [0, 0.05) is 18.2 Å². The van der Waals surface area contributed by atoms with Crippen LogP contribution in [0.2, 0.25) is 0 Å². The molecular formula is C19H20N2O8S. The van der Waals surface area contributed by atoms with E-state index in [1.165, 1.54) is 26.0 Å². The van der Waals surface area contributed by atoms with Gasteiger partial charge in [0.05, 0.1) is 26.0 Å². The number of esters is 1. The van der Waals surface area contributed by atoms with Crippen molar-refractivity contribution < 1.29 is 38.5 Å². The van der Waals surface area contributed by atoms with Gasteiger partial charge in [0.2, 0.25) is 12.1 Å². The third kappa shape index (κ3) is 3.92. The molecule has 11 heteroatoms. The molecule has 0 radical (unpaired) electrons. The zero-order valence-electron chi connectivity index (χ0n) is 16.5. The first-order chi connectivity index (χ1) is 14.3. The van der Waals surface area contributed by atoms with Gasteiger partial charge in [-0.3, -0.25) is 19.3 Å². The van der Waals surface area contributed by atoms with Crippen molar-refractivity contribution in [1.29, 1.82) is 0 Å². The van der Waals surface area contributed by atoms with E-state index >= 15 is 0 Å². The maximum atomic E-state index is 13.0. The Labute approximate surface area is 176 Å². The van der Waals surface area contributed by atoms with Crippen LogP contribution in [-0.4, -0.2) is 65.3 Å². The number of carbonyl (C=O) groups is 4. The van der Waals surface area contributed by atoms with Crippen LogP contribution in [0.1, 0.15) is 23.7 Å². The van der Waals surface area contributed by atoms with Gasteiger partial charge >= 0.3 is 11.9 Å². The number of ether oxygens (including phenoxy) is 3. The van der Waals surface area contributed by atoms with Crippen molar-refractivity contribution in [3.05, 3.63) is 35.0 Å². The van der Waals surface area contributed by atoms with Gasteiger partial charge < -0.3 is 24.6 Å². The summed E-state index contributed by atoms with van der Waals surface area (Å²) in [6.07, 6.45) is -1.16. The number of benzene rings is 1. The molecule has 160 valence electrons. The summed E-state index contributed by atoms with van der Waals surface area (Å²) >= 11 is 1.33. The van der Waals surface area contributed by atoms with Crippen molar-refractivity contribution in [2.45, 2.75) is 24.9 Å². The lowest BCUT2D eigenvalue weighted by molar-refractivity contribution is -0.148. The molecule has 1 fully saturated rings. The molecule has 2 amide bonds. The van der Waals surface area contributed by atoms with Gasteiger partial charge in [-0.15, -0.1) is 11.8 Å². The molecule has 2 aliphatic heterocycles. The molecule has 10 nitrogen and oxygen atoms in total. The number of β-lactam (4-membered cyclic amide) rings is 1. The first-order valence-electron chi connectivity index (χ1n) is 8.87. The van der Waals surface area contributed by atoms with E-state index in [4.69, 9.17) is 14.2 Å². The fourth-order valence-electron chi connectivity index (χ4n) is 3.26. The van der Waals surface area contributed by atoms with Crippen molar-refractivity contribution in [2.24, 2.45) is 0 Å². The minimum atomic E-state index is -1.39. The summed E-state index contributed by atoms with van der Waals surface area (Å²) in [5.41, 5.74) is -0.124. The van der Waals surface area contributed by atoms with E-state index < -0.39 is 24.1 Å². The van der Waals surface area contributed by atoms with Crippen molar-refractivity contribution in [3.63, 3.8) is 0 Å². The quantitative estimate of drug-likeness (QED) is 0.364. The molecule has 0 spiro atoms. The molecule has 0 saturated carbocycles. The molecule has 1 saturated heterocycles. The van der Waals surface area contributed by atoms with Gasteiger partial charge in [0.15, 0.2) is 0 Å². The lowest BCUT2D eigenvalue weighted by Gasteiger charge is -2.44. The molecule has 1 unspecified atom stereocenters. The molecule has 1 aromatic carbocycles. The van der Waals surface area contributed by atoms with Crippen LogP contribution >= 0.6 is 11.8 Å². The molecule has 0 bridgehead atoms. The zero-order valence-corrected chi connectivity index (χ0v) is 17.3. The van der Waals surface area contributed by atoms with E-state index in [1.54, 1.807) is 18.2 Å². The lowest BCUT2D eigenvalue weighted by atomic mass is 10.1. The van der Waals surface area contributed by atoms with E-state index in [0.29, 0.717) is 0 Å². The number of hydrogen-bond acceptors (Lipinski definition) is 8. The van der Waals surface area contributed by atoms with Gasteiger partial charge in [-0.1, -0.05) is 6.07 Å². The van der Waals surface area contributed by atoms with E-state index in [2.05, 4.69) is 5.32 Å². The highest BCUT2D eigenvalue weighted by molar-refractivity contribution is 8.00. The van der Waals surface area contributed by atoms with Gasteiger partial charge in [-0.25, -0.2) is 4.79 Å². The van der Waals surface area contributed by atoms with Gasteiger partial charge in [0.25, 0.3) is 5.91 Å². The second-order valence-electron chi connectivity index (χ2n) is 6.41. The van der Waals surface area contributed by atoms with E-state index in [-0.39, 0.29) is 51.8 Å². The van der Waals surface area contributed by atoms with Gasteiger partial charge in [-0.05, 0) is 12.1 Å². The number of nitrogens with zero attached hydrogens (tertiary/aromatic N) is 1. The van der Waals surface area contributed by atoms with Crippen LogP contribution < -0.4 is 14.8 Å². The Morgan fingerprint density at radius 1 is 1.23 bits per heavy atom. The fourth-order valence-corrected chi connectivity index (χ4v) is 4.55. The molecule has 2 heterocycles. The molecule has 2 aliphatic rings. The monoisotopic (exact) mass is 436 g/mol. The van der Waals surface area contributed by atoms with Crippen LogP contribution in [0.15, 0.2) is 29.5 Å². The second kappa shape index (κ2) is 8.66. The van der Waals surface area contributed by atoms with Gasteiger partial charge in [-0.2, -0.15) is 0 Å². The molecule has 30 heavy (non-hydrogen) atoms. The number of carboxylic acids is 1. The van der Waals surface area contributed by atoms with E-state index in [1.807, 2.05) is 0 Å². The number of carboxylic acid groups (broad SMARTS) is 1. The fraction of sp³-hybridized carbons (Fsp3) is 0.368. The Bertz CT molecular complexity index is 922. The van der Waals surface area contributed by atoms with Crippen LogP contribution in [0.25, 0.3) is 0 Å². The largest absolute Gasteiger partial charge is 0.496 e. The number of methoxy groups -OCH3 is 2. The first-order valence-corrected chi connectivity index (χ1v) is 9.92. The topological polar surface area (TPSA) is 131 Å². The molecule has 2 N–H and O–H groups in total. The van der Waals surface area contributed by atoms with Crippen LogP contribution in [-0.2, 0) is 19.1 Å². The predicted molar refractivity (Wildman–Crippen MR) is 105 cm³/mol. The molecular weight excluding hydrogens is 416 g/mol. The number of aliphatic carboxylic acids is 1. The van der Waals surface area contributed by atoms with Crippen LogP contribution in [0, 0.1) is 0 Å². The molecule has 2 atom stereocenters. The molecule has 1 aromatic rings. The predicted octanol–water partition coefficient (Wildman–Crippen LogP) is 0.967. The van der Waals surface area contributed by atoms with Crippen molar-refractivity contribution in [1.82, 2.24) is 10.2 Å². The average molecular weight is 436 g/mol. The van der Waals surface area contributed by atoms with Crippen LogP contribution in [0.4, 0.5) is 0 Å². The number of rotatable bonds is 7. The third-order valence-electron chi connectivity index (χ3n) is 4.60. The Morgan fingerprint density at radius 2 is 1.87 bits per heavy atom. The molecule has 0 aliphatic carbocycles. The van der Waals surface area contributed by atoms with Crippen LogP contribution in [0.3, 0.4) is 0 Å².